The summed E-state index contributed by atoms with van der Waals surface area (Å²) in [6.07, 6.45) is -0.908. The van der Waals surface area contributed by atoms with Crippen LogP contribution < -0.4 is 9.47 Å². The molecule has 0 heterocycles. The first-order chi connectivity index (χ1) is 10.5. The first kappa shape index (κ1) is 16.5. The van der Waals surface area contributed by atoms with Crippen LogP contribution in [0.15, 0.2) is 42.5 Å². The van der Waals surface area contributed by atoms with Crippen LogP contribution in [0.4, 0.5) is 0 Å². The molecule has 116 valence electrons. The molecule has 0 aliphatic rings. The van der Waals surface area contributed by atoms with Crippen molar-refractivity contribution in [2.45, 2.75) is 12.5 Å². The summed E-state index contributed by atoms with van der Waals surface area (Å²) in [6.45, 7) is 0. The minimum atomic E-state index is -1.07. The highest BCUT2D eigenvalue weighted by Crippen LogP contribution is 2.23. The van der Waals surface area contributed by atoms with E-state index in [0.717, 1.165) is 0 Å². The molecule has 6 heteroatoms. The van der Waals surface area contributed by atoms with E-state index in [0.29, 0.717) is 27.1 Å². The normalized spacial score (nSPS) is 11.8. The first-order valence-electron chi connectivity index (χ1n) is 6.46. The van der Waals surface area contributed by atoms with Gasteiger partial charge in [-0.05, 0) is 35.9 Å². The van der Waals surface area contributed by atoms with Crippen molar-refractivity contribution in [3.05, 3.63) is 58.1 Å². The van der Waals surface area contributed by atoms with E-state index in [2.05, 4.69) is 0 Å². The number of carboxylic acid groups (broad SMARTS) is 1. The number of hydrogen-bond acceptors (Lipinski definition) is 3. The van der Waals surface area contributed by atoms with Crippen molar-refractivity contribution >= 4 is 29.2 Å². The van der Waals surface area contributed by atoms with E-state index in [1.54, 1.807) is 42.5 Å². The van der Waals surface area contributed by atoms with Crippen molar-refractivity contribution in [3.63, 3.8) is 0 Å². The molecule has 0 bridgehead atoms. The summed E-state index contributed by atoms with van der Waals surface area (Å²) in [5, 5.41) is 10.2. The number of hydrogen-bond donors (Lipinski definition) is 1. The van der Waals surface area contributed by atoms with E-state index >= 15 is 0 Å². The van der Waals surface area contributed by atoms with Gasteiger partial charge in [-0.3, -0.25) is 0 Å². The van der Waals surface area contributed by atoms with Crippen LogP contribution in [0.25, 0.3) is 0 Å². The lowest BCUT2D eigenvalue weighted by Gasteiger charge is -2.16. The fraction of sp³-hybridized carbons (Fsp3) is 0.188. The van der Waals surface area contributed by atoms with E-state index in [1.165, 1.54) is 7.11 Å². The second-order valence-electron chi connectivity index (χ2n) is 4.61. The molecule has 0 aliphatic heterocycles. The molecule has 0 aliphatic carbocycles. The smallest absolute Gasteiger partial charge is 0.345 e. The van der Waals surface area contributed by atoms with Gasteiger partial charge >= 0.3 is 5.97 Å². The van der Waals surface area contributed by atoms with Gasteiger partial charge in [-0.25, -0.2) is 4.79 Å². The first-order valence-corrected chi connectivity index (χ1v) is 7.22. The SMILES string of the molecule is COc1cccc(O[C@@H](Cc2cc(Cl)cc(Cl)c2)C(=O)O)c1. The molecular formula is C16H14Cl2O4. The lowest BCUT2D eigenvalue weighted by molar-refractivity contribution is -0.145. The Bertz CT molecular complexity index is 653. The van der Waals surface area contributed by atoms with Gasteiger partial charge in [-0.15, -0.1) is 0 Å². The van der Waals surface area contributed by atoms with Gasteiger partial charge in [-0.1, -0.05) is 29.3 Å². The standard InChI is InChI=1S/C16H14Cl2O4/c1-21-13-3-2-4-14(9-13)22-15(16(19)20)7-10-5-11(17)8-12(18)6-10/h2-6,8-9,15H,7H2,1H3,(H,19,20)/t15-/m0/s1. The molecule has 0 saturated carbocycles. The Morgan fingerprint density at radius 3 is 2.36 bits per heavy atom. The molecule has 0 spiro atoms. The fourth-order valence-electron chi connectivity index (χ4n) is 1.96. The lowest BCUT2D eigenvalue weighted by atomic mass is 10.1. The third-order valence-corrected chi connectivity index (χ3v) is 3.37. The van der Waals surface area contributed by atoms with Crippen molar-refractivity contribution in [1.29, 1.82) is 0 Å². The zero-order chi connectivity index (χ0) is 16.1. The Labute approximate surface area is 138 Å². The van der Waals surface area contributed by atoms with Crippen molar-refractivity contribution in [2.24, 2.45) is 0 Å². The summed E-state index contributed by atoms with van der Waals surface area (Å²) < 4.78 is 10.6. The zero-order valence-electron chi connectivity index (χ0n) is 11.8. The maximum Gasteiger partial charge on any atom is 0.345 e. The number of ether oxygens (including phenoxy) is 2. The predicted molar refractivity (Wildman–Crippen MR) is 85.2 cm³/mol. The number of carboxylic acids is 1. The molecular weight excluding hydrogens is 327 g/mol. The number of benzene rings is 2. The third kappa shape index (κ3) is 4.55. The molecule has 0 amide bonds. The molecule has 22 heavy (non-hydrogen) atoms. The van der Waals surface area contributed by atoms with Gasteiger partial charge in [0, 0.05) is 22.5 Å². The second-order valence-corrected chi connectivity index (χ2v) is 5.48. The molecule has 2 aromatic rings. The highest BCUT2D eigenvalue weighted by Gasteiger charge is 2.20. The van der Waals surface area contributed by atoms with Crippen LogP contribution >= 0.6 is 23.2 Å². The van der Waals surface area contributed by atoms with Gasteiger partial charge in [0.1, 0.15) is 11.5 Å². The van der Waals surface area contributed by atoms with Crippen molar-refractivity contribution in [1.82, 2.24) is 0 Å². The van der Waals surface area contributed by atoms with Gasteiger partial charge in [0.15, 0.2) is 6.10 Å². The Balaban J connectivity index is 2.17. The van der Waals surface area contributed by atoms with Gasteiger partial charge in [-0.2, -0.15) is 0 Å². The third-order valence-electron chi connectivity index (χ3n) is 2.94. The van der Waals surface area contributed by atoms with Gasteiger partial charge in [0.25, 0.3) is 0 Å². The van der Waals surface area contributed by atoms with E-state index in [9.17, 15) is 9.90 Å². The summed E-state index contributed by atoms with van der Waals surface area (Å²) in [7, 11) is 1.53. The maximum absolute atomic E-state index is 11.4. The second kappa shape index (κ2) is 7.38. The molecule has 0 saturated heterocycles. The monoisotopic (exact) mass is 340 g/mol. The van der Waals surface area contributed by atoms with Crippen LogP contribution in [0.2, 0.25) is 10.0 Å². The molecule has 0 radical (unpaired) electrons. The van der Waals surface area contributed by atoms with Gasteiger partial charge < -0.3 is 14.6 Å². The van der Waals surface area contributed by atoms with Crippen LogP contribution in [-0.4, -0.2) is 24.3 Å². The Kier molecular flexibility index (Phi) is 5.52. The van der Waals surface area contributed by atoms with Crippen molar-refractivity contribution in [2.75, 3.05) is 7.11 Å². The summed E-state index contributed by atoms with van der Waals surface area (Å²) in [5.74, 6) is -0.0637. The van der Waals surface area contributed by atoms with Crippen LogP contribution in [-0.2, 0) is 11.2 Å². The summed E-state index contributed by atoms with van der Waals surface area (Å²) in [5.41, 5.74) is 0.688. The molecule has 1 N–H and O–H groups in total. The van der Waals surface area contributed by atoms with Crippen LogP contribution in [0.5, 0.6) is 11.5 Å². The summed E-state index contributed by atoms with van der Waals surface area (Å²) in [6, 6.07) is 11.7. The number of methoxy groups -OCH3 is 1. The molecule has 1 atom stereocenters. The largest absolute Gasteiger partial charge is 0.497 e. The van der Waals surface area contributed by atoms with Crippen LogP contribution in [0.1, 0.15) is 5.56 Å². The minimum absolute atomic E-state index is 0.146. The summed E-state index contributed by atoms with van der Waals surface area (Å²) >= 11 is 11.8. The number of halogens is 2. The van der Waals surface area contributed by atoms with Gasteiger partial charge in [0.2, 0.25) is 0 Å². The maximum atomic E-state index is 11.4. The predicted octanol–water partition coefficient (Wildman–Crippen LogP) is 4.08. The highest BCUT2D eigenvalue weighted by molar-refractivity contribution is 6.34. The Morgan fingerprint density at radius 1 is 1.14 bits per heavy atom. The fourth-order valence-corrected chi connectivity index (χ4v) is 2.53. The molecule has 2 aromatic carbocycles. The lowest BCUT2D eigenvalue weighted by Crippen LogP contribution is -2.29. The average Bonchev–Trinajstić information content (AvgIpc) is 2.45. The van der Waals surface area contributed by atoms with E-state index in [1.807, 2.05) is 0 Å². The highest BCUT2D eigenvalue weighted by atomic mass is 35.5. The molecule has 4 nitrogen and oxygen atoms in total. The van der Waals surface area contributed by atoms with Crippen LogP contribution in [0, 0.1) is 0 Å². The van der Waals surface area contributed by atoms with E-state index in [4.69, 9.17) is 32.7 Å². The Hall–Kier alpha value is -1.91. The average molecular weight is 341 g/mol. The number of rotatable bonds is 6. The summed E-state index contributed by atoms with van der Waals surface area (Å²) in [4.78, 5) is 11.4. The molecule has 0 fully saturated rings. The molecule has 0 aromatic heterocycles. The van der Waals surface area contributed by atoms with Crippen molar-refractivity contribution in [3.8, 4) is 11.5 Å². The van der Waals surface area contributed by atoms with Gasteiger partial charge in [0.05, 0.1) is 7.11 Å². The Morgan fingerprint density at radius 2 is 1.77 bits per heavy atom. The molecule has 2 rings (SSSR count). The number of carbonyl (C=O) groups is 1. The topological polar surface area (TPSA) is 55.8 Å². The van der Waals surface area contributed by atoms with Crippen molar-refractivity contribution < 1.29 is 19.4 Å². The zero-order valence-corrected chi connectivity index (χ0v) is 13.3. The van der Waals surface area contributed by atoms with Crippen LogP contribution in [0.3, 0.4) is 0 Å². The quantitative estimate of drug-likeness (QED) is 0.860. The molecule has 0 unspecified atom stereocenters. The number of aliphatic carboxylic acids is 1. The van der Waals surface area contributed by atoms with E-state index in [-0.39, 0.29) is 6.42 Å². The minimum Gasteiger partial charge on any atom is -0.497 e. The van der Waals surface area contributed by atoms with E-state index < -0.39 is 12.1 Å².